The molecule has 0 radical (unpaired) electrons. The first-order valence-corrected chi connectivity index (χ1v) is 19.5. The van der Waals surface area contributed by atoms with E-state index in [2.05, 4.69) is 34.6 Å². The number of hydrogen-bond acceptors (Lipinski definition) is 13. The topological polar surface area (TPSA) is 208 Å². The van der Waals surface area contributed by atoms with Gasteiger partial charge in [-0.1, -0.05) is 34.6 Å². The van der Waals surface area contributed by atoms with Gasteiger partial charge in [0.25, 0.3) is 0 Å². The third kappa shape index (κ3) is 6.97. The number of rotatable bonds is 11. The summed E-state index contributed by atoms with van der Waals surface area (Å²) in [6.07, 6.45) is -5.03. The van der Waals surface area contributed by atoms with Crippen molar-refractivity contribution < 1.29 is 64.5 Å². The molecule has 0 aromatic rings. The molecule has 0 aromatic carbocycles. The van der Waals surface area contributed by atoms with Crippen LogP contribution in [0.4, 0.5) is 0 Å². The van der Waals surface area contributed by atoms with Crippen molar-refractivity contribution in [2.45, 2.75) is 172 Å². The molecule has 2 aliphatic heterocycles. The van der Waals surface area contributed by atoms with Gasteiger partial charge in [0, 0.05) is 19.4 Å². The van der Waals surface area contributed by atoms with E-state index < -0.39 is 73.1 Å². The highest BCUT2D eigenvalue weighted by Gasteiger charge is 2.70. The van der Waals surface area contributed by atoms with E-state index in [9.17, 15) is 40.9 Å². The molecule has 2 saturated heterocycles. The van der Waals surface area contributed by atoms with E-state index in [-0.39, 0.29) is 72.1 Å². The maximum atomic E-state index is 12.6. The second-order valence-corrected chi connectivity index (χ2v) is 18.0. The minimum Gasteiger partial charge on any atom is -0.394 e. The SMILES string of the molecule is COC1C(CO)OC(O[C@@H](CC[C@@H](C)[C@H]2C[C@@H](O)C3[C@]4(O)C[C@H](O)C5C[C@@H](O)CC[C@]5(C)C4CC[C@@]32C)C(C)C)C1OC1OCC(O)C(O)C1O. The van der Waals surface area contributed by atoms with Crippen LogP contribution >= 0.6 is 0 Å². The van der Waals surface area contributed by atoms with E-state index in [4.69, 9.17) is 23.7 Å². The monoisotopic (exact) mass is 730 g/mol. The molecule has 0 amide bonds. The van der Waals surface area contributed by atoms with E-state index in [0.717, 1.165) is 25.7 Å². The van der Waals surface area contributed by atoms with Crippen molar-refractivity contribution in [1.82, 2.24) is 0 Å². The van der Waals surface area contributed by atoms with E-state index in [0.29, 0.717) is 25.7 Å². The largest absolute Gasteiger partial charge is 0.394 e. The second-order valence-electron chi connectivity index (χ2n) is 18.0. The number of aliphatic hydroxyl groups is 8. The molecule has 0 bridgehead atoms. The van der Waals surface area contributed by atoms with Crippen molar-refractivity contribution in [3.63, 3.8) is 0 Å². The standard InChI is InChI=1S/C38H66O13/c1-18(2)26(49-35-32(31(47-6)27(16-39)50-35)51-34-30(45)29(44)25(43)17-48-34)8-7-19(3)21-14-23(41)33-37(21,5)12-10-28-36(4)11-9-20(40)13-22(36)24(42)15-38(28,33)46/h18-35,39-46H,7-17H2,1-6H3/t19-,20+,21-,22?,23-,24+,25?,26+,27?,28?,29?,30?,31?,32?,33?,34?,35?,36+,37-,38+/m1/s1. The minimum atomic E-state index is -1.52. The fourth-order valence-corrected chi connectivity index (χ4v) is 12.2. The molecule has 6 fully saturated rings. The average Bonchev–Trinajstić information content (AvgIpc) is 3.56. The van der Waals surface area contributed by atoms with E-state index >= 15 is 0 Å². The van der Waals surface area contributed by atoms with Crippen LogP contribution in [0.5, 0.6) is 0 Å². The molecule has 296 valence electrons. The number of aliphatic hydroxyl groups excluding tert-OH is 7. The maximum Gasteiger partial charge on any atom is 0.187 e. The van der Waals surface area contributed by atoms with Gasteiger partial charge >= 0.3 is 0 Å². The number of fused-ring (bicyclic) bond motifs is 5. The lowest BCUT2D eigenvalue weighted by Crippen LogP contribution is -2.68. The van der Waals surface area contributed by atoms with Crippen molar-refractivity contribution in [2.24, 2.45) is 46.3 Å². The highest BCUT2D eigenvalue weighted by atomic mass is 16.8. The smallest absolute Gasteiger partial charge is 0.187 e. The fraction of sp³-hybridized carbons (Fsp3) is 1.00. The van der Waals surface area contributed by atoms with E-state index in [1.54, 1.807) is 0 Å². The zero-order valence-electron chi connectivity index (χ0n) is 31.3. The predicted octanol–water partition coefficient (Wildman–Crippen LogP) is 1.08. The molecule has 2 heterocycles. The molecule has 8 N–H and O–H groups in total. The van der Waals surface area contributed by atoms with Crippen LogP contribution in [0.2, 0.25) is 0 Å². The number of ether oxygens (including phenoxy) is 5. The summed E-state index contributed by atoms with van der Waals surface area (Å²) in [5, 5.41) is 87.0. The zero-order chi connectivity index (χ0) is 37.2. The van der Waals surface area contributed by atoms with Gasteiger partial charge in [0.05, 0.1) is 43.2 Å². The predicted molar refractivity (Wildman–Crippen MR) is 183 cm³/mol. The first-order valence-electron chi connectivity index (χ1n) is 19.5. The van der Waals surface area contributed by atoms with E-state index in [1.807, 2.05) is 0 Å². The summed E-state index contributed by atoms with van der Waals surface area (Å²) >= 11 is 0. The van der Waals surface area contributed by atoms with Crippen LogP contribution in [0.15, 0.2) is 0 Å². The lowest BCUT2D eigenvalue weighted by Gasteiger charge is -2.66. The van der Waals surface area contributed by atoms with Gasteiger partial charge in [0.1, 0.15) is 36.6 Å². The third-order valence-electron chi connectivity index (χ3n) is 14.8. The Labute approximate surface area is 302 Å². The van der Waals surface area contributed by atoms with Crippen molar-refractivity contribution in [1.29, 1.82) is 0 Å². The van der Waals surface area contributed by atoms with Gasteiger partial charge in [-0.3, -0.25) is 0 Å². The van der Waals surface area contributed by atoms with Gasteiger partial charge in [-0.05, 0) is 91.8 Å². The highest BCUT2D eigenvalue weighted by molar-refractivity contribution is 5.20. The Kier molecular flexibility index (Phi) is 12.0. The molecular weight excluding hydrogens is 664 g/mol. The molecule has 6 aliphatic rings. The summed E-state index contributed by atoms with van der Waals surface area (Å²) in [6.45, 7) is 10.2. The summed E-state index contributed by atoms with van der Waals surface area (Å²) in [5.41, 5.74) is -1.79. The minimum absolute atomic E-state index is 0.0416. The first kappa shape index (κ1) is 40.2. The molecule has 6 rings (SSSR count). The van der Waals surface area contributed by atoms with Crippen molar-refractivity contribution >= 4 is 0 Å². The summed E-state index contributed by atoms with van der Waals surface area (Å²) < 4.78 is 29.9. The molecule has 0 spiro atoms. The zero-order valence-corrected chi connectivity index (χ0v) is 31.3. The summed E-state index contributed by atoms with van der Waals surface area (Å²) in [5.74, 6) is -0.0422. The summed E-state index contributed by atoms with van der Waals surface area (Å²) in [4.78, 5) is 0. The van der Waals surface area contributed by atoms with Gasteiger partial charge in [0.15, 0.2) is 12.6 Å². The Morgan fingerprint density at radius 2 is 1.53 bits per heavy atom. The van der Waals surface area contributed by atoms with Crippen molar-refractivity contribution in [3.05, 3.63) is 0 Å². The molecule has 4 aliphatic carbocycles. The Balaban J connectivity index is 1.14. The average molecular weight is 731 g/mol. The fourth-order valence-electron chi connectivity index (χ4n) is 12.2. The maximum absolute atomic E-state index is 12.6. The van der Waals surface area contributed by atoms with Crippen LogP contribution in [0.1, 0.15) is 92.4 Å². The molecular formula is C38H66O13. The van der Waals surface area contributed by atoms with Gasteiger partial charge in [-0.25, -0.2) is 0 Å². The normalized spacial score (nSPS) is 52.6. The van der Waals surface area contributed by atoms with Crippen LogP contribution in [0.25, 0.3) is 0 Å². The van der Waals surface area contributed by atoms with Crippen LogP contribution in [0, 0.1) is 46.3 Å². The van der Waals surface area contributed by atoms with Gasteiger partial charge in [-0.15, -0.1) is 0 Å². The summed E-state index contributed by atoms with van der Waals surface area (Å²) in [6, 6.07) is 0. The van der Waals surface area contributed by atoms with Crippen LogP contribution in [-0.4, -0.2) is 140 Å². The Morgan fingerprint density at radius 3 is 2.20 bits per heavy atom. The third-order valence-corrected chi connectivity index (χ3v) is 14.8. The number of hydrogen-bond donors (Lipinski definition) is 8. The quantitative estimate of drug-likeness (QED) is 0.150. The Morgan fingerprint density at radius 1 is 0.824 bits per heavy atom. The van der Waals surface area contributed by atoms with Crippen molar-refractivity contribution in [2.75, 3.05) is 20.3 Å². The van der Waals surface area contributed by atoms with Crippen LogP contribution in [-0.2, 0) is 23.7 Å². The van der Waals surface area contributed by atoms with Crippen molar-refractivity contribution in [3.8, 4) is 0 Å². The second kappa shape index (κ2) is 15.2. The Hall–Kier alpha value is -0.520. The van der Waals surface area contributed by atoms with Crippen LogP contribution < -0.4 is 0 Å². The van der Waals surface area contributed by atoms with Gasteiger partial charge in [-0.2, -0.15) is 0 Å². The number of methoxy groups -OCH3 is 1. The molecule has 0 aromatic heterocycles. The van der Waals surface area contributed by atoms with Crippen LogP contribution in [0.3, 0.4) is 0 Å². The molecule has 11 unspecified atom stereocenters. The summed E-state index contributed by atoms with van der Waals surface area (Å²) in [7, 11) is 1.47. The highest BCUT2D eigenvalue weighted by Crippen LogP contribution is 2.69. The van der Waals surface area contributed by atoms with Gasteiger partial charge < -0.3 is 64.5 Å². The lowest BCUT2D eigenvalue weighted by atomic mass is 9.42. The first-order chi connectivity index (χ1) is 24.0. The molecule has 4 saturated carbocycles. The van der Waals surface area contributed by atoms with E-state index in [1.165, 1.54) is 7.11 Å². The molecule has 13 nitrogen and oxygen atoms in total. The van der Waals surface area contributed by atoms with Gasteiger partial charge in [0.2, 0.25) is 0 Å². The molecule has 51 heavy (non-hydrogen) atoms. The Bertz CT molecular complexity index is 1180. The lowest BCUT2D eigenvalue weighted by molar-refractivity contribution is -0.308. The molecule has 20 atom stereocenters. The molecule has 13 heteroatoms.